The lowest BCUT2D eigenvalue weighted by Crippen LogP contribution is -2.43. The normalized spacial score (nSPS) is 16.9. The Morgan fingerprint density at radius 2 is 1.62 bits per heavy atom. The van der Waals surface area contributed by atoms with Crippen molar-refractivity contribution in [3.05, 3.63) is 78.0 Å². The summed E-state index contributed by atoms with van der Waals surface area (Å²) in [6.45, 7) is 5.84. The van der Waals surface area contributed by atoms with Gasteiger partial charge < -0.3 is 10.2 Å². The summed E-state index contributed by atoms with van der Waals surface area (Å²) in [5.74, 6) is 0.962. The second kappa shape index (κ2) is 10.7. The minimum atomic E-state index is -0.516. The first kappa shape index (κ1) is 24.3. The Hall–Kier alpha value is -3.07. The maximum atomic E-state index is 15.2. The molecule has 1 aromatic heterocycles. The fraction of sp³-hybridized carbons (Fsp3) is 0.310. The van der Waals surface area contributed by atoms with Crippen LogP contribution in [0.1, 0.15) is 5.56 Å². The Morgan fingerprint density at radius 3 is 2.41 bits per heavy atom. The predicted octanol–water partition coefficient (Wildman–Crippen LogP) is 5.20. The van der Waals surface area contributed by atoms with Crippen LogP contribution in [0, 0.1) is 11.6 Å². The van der Waals surface area contributed by atoms with Crippen LogP contribution in [-0.2, 0) is 6.54 Å². The number of halogens is 2. The molecule has 37 heavy (non-hydrogen) atoms. The number of nitrogens with one attached hydrogen (secondary N) is 1. The smallest absolute Gasteiger partial charge is 0.131 e. The van der Waals surface area contributed by atoms with E-state index < -0.39 is 11.6 Å². The van der Waals surface area contributed by atoms with Gasteiger partial charge in [0.2, 0.25) is 0 Å². The average molecular weight is 518 g/mol. The molecule has 190 valence electrons. The summed E-state index contributed by atoms with van der Waals surface area (Å²) < 4.78 is 30.4. The number of fused-ring (bicyclic) bond motifs is 1. The minimum Gasteiger partial charge on any atom is -0.369 e. The van der Waals surface area contributed by atoms with Gasteiger partial charge in [0, 0.05) is 79.7 Å². The number of para-hydroxylation sites is 1. The lowest BCUT2D eigenvalue weighted by atomic mass is 10.0. The van der Waals surface area contributed by atoms with Gasteiger partial charge in [0.15, 0.2) is 0 Å². The van der Waals surface area contributed by atoms with E-state index in [1.165, 1.54) is 12.1 Å². The van der Waals surface area contributed by atoms with Crippen LogP contribution in [0.25, 0.3) is 33.4 Å². The summed E-state index contributed by atoms with van der Waals surface area (Å²) in [6.07, 6.45) is 1.77. The summed E-state index contributed by atoms with van der Waals surface area (Å²) in [6, 6.07) is 16.8. The van der Waals surface area contributed by atoms with Crippen molar-refractivity contribution in [2.75, 3.05) is 55.7 Å². The fourth-order valence-corrected chi connectivity index (χ4v) is 6.06. The first-order valence-electron chi connectivity index (χ1n) is 12.8. The molecule has 2 aliphatic heterocycles. The molecule has 0 bridgehead atoms. The Labute approximate surface area is 219 Å². The van der Waals surface area contributed by atoms with Crippen LogP contribution in [0.2, 0.25) is 0 Å². The van der Waals surface area contributed by atoms with Crippen molar-refractivity contribution < 1.29 is 8.78 Å². The maximum absolute atomic E-state index is 15.2. The van der Waals surface area contributed by atoms with Crippen molar-refractivity contribution in [2.45, 2.75) is 6.54 Å². The standard InChI is InChI=1S/C29H29F2N5S/c30-25-16-21(17-26(31)24(25)19-35-11-13-37-14-12-35)23-5-2-6-27-29(23)34-28(18-33-27)20-3-1-4-22(15-20)36-9-7-32-8-10-36/h1-6,15-18,32H,7-14,19H2. The molecule has 8 heteroatoms. The summed E-state index contributed by atoms with van der Waals surface area (Å²) in [5, 5.41) is 3.38. The zero-order chi connectivity index (χ0) is 25.2. The molecule has 2 fully saturated rings. The molecule has 3 aromatic carbocycles. The highest BCUT2D eigenvalue weighted by atomic mass is 32.2. The van der Waals surface area contributed by atoms with Gasteiger partial charge in [-0.1, -0.05) is 24.3 Å². The van der Waals surface area contributed by atoms with Gasteiger partial charge in [-0.25, -0.2) is 13.8 Å². The number of anilines is 1. The molecule has 5 nitrogen and oxygen atoms in total. The number of nitrogens with zero attached hydrogens (tertiary/aromatic N) is 4. The highest BCUT2D eigenvalue weighted by Crippen LogP contribution is 2.32. The van der Waals surface area contributed by atoms with Crippen molar-refractivity contribution in [1.82, 2.24) is 20.2 Å². The van der Waals surface area contributed by atoms with Crippen LogP contribution in [0.4, 0.5) is 14.5 Å². The SMILES string of the molecule is Fc1cc(-c2cccc3ncc(-c4cccc(N5CCNCC5)c4)nc23)cc(F)c1CN1CCSCC1. The van der Waals surface area contributed by atoms with Gasteiger partial charge in [0.05, 0.1) is 22.9 Å². The van der Waals surface area contributed by atoms with Crippen molar-refractivity contribution in [1.29, 1.82) is 0 Å². The molecule has 2 aliphatic rings. The lowest BCUT2D eigenvalue weighted by molar-refractivity contribution is 0.284. The molecule has 2 saturated heterocycles. The average Bonchev–Trinajstić information content (AvgIpc) is 2.95. The number of hydrogen-bond donors (Lipinski definition) is 1. The third kappa shape index (κ3) is 5.19. The molecule has 6 rings (SSSR count). The van der Waals surface area contributed by atoms with E-state index in [2.05, 4.69) is 32.2 Å². The quantitative estimate of drug-likeness (QED) is 0.393. The van der Waals surface area contributed by atoms with Gasteiger partial charge >= 0.3 is 0 Å². The van der Waals surface area contributed by atoms with E-state index in [1.54, 1.807) is 6.20 Å². The monoisotopic (exact) mass is 517 g/mol. The van der Waals surface area contributed by atoms with E-state index in [4.69, 9.17) is 4.98 Å². The van der Waals surface area contributed by atoms with Gasteiger partial charge in [0.1, 0.15) is 11.6 Å². The molecule has 0 saturated carbocycles. The van der Waals surface area contributed by atoms with E-state index in [0.29, 0.717) is 28.7 Å². The number of hydrogen-bond acceptors (Lipinski definition) is 6. The number of thioether (sulfide) groups is 1. The zero-order valence-corrected chi connectivity index (χ0v) is 21.4. The van der Waals surface area contributed by atoms with Gasteiger partial charge in [-0.3, -0.25) is 9.88 Å². The van der Waals surface area contributed by atoms with Gasteiger partial charge in [-0.2, -0.15) is 11.8 Å². The van der Waals surface area contributed by atoms with Crippen molar-refractivity contribution in [2.24, 2.45) is 0 Å². The van der Waals surface area contributed by atoms with E-state index >= 15 is 8.78 Å². The number of benzene rings is 3. The molecule has 4 aromatic rings. The Morgan fingerprint density at radius 1 is 0.865 bits per heavy atom. The molecule has 0 amide bonds. The van der Waals surface area contributed by atoms with Crippen LogP contribution in [0.15, 0.2) is 60.8 Å². The van der Waals surface area contributed by atoms with Crippen molar-refractivity contribution >= 4 is 28.5 Å². The highest BCUT2D eigenvalue weighted by Gasteiger charge is 2.19. The lowest BCUT2D eigenvalue weighted by Gasteiger charge is -2.29. The van der Waals surface area contributed by atoms with E-state index in [9.17, 15) is 0 Å². The Kier molecular flexibility index (Phi) is 7.04. The van der Waals surface area contributed by atoms with Gasteiger partial charge in [-0.05, 0) is 35.9 Å². The van der Waals surface area contributed by atoms with Crippen LogP contribution in [0.3, 0.4) is 0 Å². The maximum Gasteiger partial charge on any atom is 0.131 e. The molecular formula is C29H29F2N5S. The van der Waals surface area contributed by atoms with Gasteiger partial charge in [-0.15, -0.1) is 0 Å². The molecule has 0 atom stereocenters. The van der Waals surface area contributed by atoms with E-state index in [1.807, 2.05) is 42.1 Å². The number of piperazine rings is 1. The first-order valence-corrected chi connectivity index (χ1v) is 13.9. The van der Waals surface area contributed by atoms with Crippen molar-refractivity contribution in [3.63, 3.8) is 0 Å². The third-order valence-corrected chi connectivity index (χ3v) is 8.08. The van der Waals surface area contributed by atoms with E-state index in [-0.39, 0.29) is 5.56 Å². The second-order valence-corrected chi connectivity index (χ2v) is 10.7. The highest BCUT2D eigenvalue weighted by molar-refractivity contribution is 7.99. The first-order chi connectivity index (χ1) is 18.2. The summed E-state index contributed by atoms with van der Waals surface area (Å²) in [7, 11) is 0. The van der Waals surface area contributed by atoms with Gasteiger partial charge in [0.25, 0.3) is 0 Å². The van der Waals surface area contributed by atoms with Crippen LogP contribution in [0.5, 0.6) is 0 Å². The molecule has 0 unspecified atom stereocenters. The van der Waals surface area contributed by atoms with Crippen LogP contribution >= 0.6 is 11.8 Å². The summed E-state index contributed by atoms with van der Waals surface area (Å²) in [4.78, 5) is 14.0. The third-order valence-electron chi connectivity index (χ3n) is 7.13. The van der Waals surface area contributed by atoms with E-state index in [0.717, 1.165) is 67.7 Å². The Bertz CT molecular complexity index is 1390. The van der Waals surface area contributed by atoms with Crippen LogP contribution in [-0.4, -0.2) is 65.6 Å². The fourth-order valence-electron chi connectivity index (χ4n) is 5.08. The molecular weight excluding hydrogens is 488 g/mol. The summed E-state index contributed by atoms with van der Waals surface area (Å²) in [5.41, 5.74) is 5.45. The second-order valence-electron chi connectivity index (χ2n) is 9.52. The zero-order valence-electron chi connectivity index (χ0n) is 20.6. The molecule has 1 N–H and O–H groups in total. The number of rotatable bonds is 5. The molecule has 0 spiro atoms. The topological polar surface area (TPSA) is 44.3 Å². The summed E-state index contributed by atoms with van der Waals surface area (Å²) >= 11 is 1.88. The minimum absolute atomic E-state index is 0.132. The van der Waals surface area contributed by atoms with Crippen LogP contribution < -0.4 is 10.2 Å². The largest absolute Gasteiger partial charge is 0.369 e. The predicted molar refractivity (Wildman–Crippen MR) is 148 cm³/mol. The Balaban J connectivity index is 1.35. The number of aromatic nitrogens is 2. The van der Waals surface area contributed by atoms with Crippen molar-refractivity contribution in [3.8, 4) is 22.4 Å². The molecule has 0 radical (unpaired) electrons. The molecule has 3 heterocycles. The molecule has 0 aliphatic carbocycles.